The van der Waals surface area contributed by atoms with E-state index in [-0.39, 0.29) is 12.4 Å². The van der Waals surface area contributed by atoms with Crippen LogP contribution in [0.4, 0.5) is 10.1 Å². The van der Waals surface area contributed by atoms with Crippen LogP contribution in [-0.2, 0) is 4.79 Å². The maximum Gasteiger partial charge on any atom is 0.236 e. The van der Waals surface area contributed by atoms with Crippen molar-refractivity contribution in [1.82, 2.24) is 0 Å². The minimum Gasteiger partial charge on any atom is -0.382 e. The predicted octanol–water partition coefficient (Wildman–Crippen LogP) is 0.813. The Morgan fingerprint density at radius 3 is 2.87 bits per heavy atom. The van der Waals surface area contributed by atoms with E-state index in [1.165, 1.54) is 12.1 Å². The molecule has 0 aromatic heterocycles. The van der Waals surface area contributed by atoms with Crippen molar-refractivity contribution in [2.24, 2.45) is 11.5 Å². The summed E-state index contributed by atoms with van der Waals surface area (Å²) in [5.74, 6) is -0.969. The van der Waals surface area contributed by atoms with Crippen molar-refractivity contribution in [3.05, 3.63) is 28.5 Å². The van der Waals surface area contributed by atoms with Gasteiger partial charge < -0.3 is 16.8 Å². The second kappa shape index (κ2) is 5.09. The van der Waals surface area contributed by atoms with Crippen LogP contribution in [0.5, 0.6) is 0 Å². The molecule has 1 aromatic carbocycles. The number of hydrogen-bond donors (Lipinski definition) is 3. The molecular weight excluding hydrogens is 265 g/mol. The molecule has 1 atom stereocenters. The standard InChI is InChI=1S/C9H11BrFN3O/c10-6-2-1-5(11)3-8(6)14-4-7(12)9(13)15/h1-3,7,14H,4,12H2,(H2,13,15). The van der Waals surface area contributed by atoms with Crippen molar-refractivity contribution in [3.8, 4) is 0 Å². The predicted molar refractivity (Wildman–Crippen MR) is 59.8 cm³/mol. The number of amides is 1. The second-order valence-corrected chi connectivity index (χ2v) is 3.87. The Morgan fingerprint density at radius 1 is 1.60 bits per heavy atom. The maximum absolute atomic E-state index is 12.8. The number of carbonyl (C=O) groups excluding carboxylic acids is 1. The van der Waals surface area contributed by atoms with Crippen molar-refractivity contribution in [1.29, 1.82) is 0 Å². The van der Waals surface area contributed by atoms with Gasteiger partial charge in [0.15, 0.2) is 0 Å². The third kappa shape index (κ3) is 3.49. The molecule has 0 aliphatic carbocycles. The zero-order chi connectivity index (χ0) is 11.4. The van der Waals surface area contributed by atoms with Crippen LogP contribution < -0.4 is 16.8 Å². The molecule has 0 fully saturated rings. The lowest BCUT2D eigenvalue weighted by Gasteiger charge is -2.11. The van der Waals surface area contributed by atoms with Crippen LogP contribution in [0.1, 0.15) is 0 Å². The Balaban J connectivity index is 2.65. The molecule has 1 amide bonds. The number of nitrogens with one attached hydrogen (secondary N) is 1. The summed E-state index contributed by atoms with van der Waals surface area (Å²) in [5, 5.41) is 2.82. The van der Waals surface area contributed by atoms with Crippen molar-refractivity contribution in [2.75, 3.05) is 11.9 Å². The molecule has 15 heavy (non-hydrogen) atoms. The quantitative estimate of drug-likeness (QED) is 0.761. The smallest absolute Gasteiger partial charge is 0.236 e. The van der Waals surface area contributed by atoms with Crippen LogP contribution in [0.3, 0.4) is 0 Å². The summed E-state index contributed by atoms with van der Waals surface area (Å²) in [6, 6.07) is 3.40. The molecule has 0 bridgehead atoms. The highest BCUT2D eigenvalue weighted by Crippen LogP contribution is 2.22. The number of nitrogens with two attached hydrogens (primary N) is 2. The first kappa shape index (κ1) is 11.9. The van der Waals surface area contributed by atoms with Gasteiger partial charge in [0.05, 0.1) is 5.69 Å². The Morgan fingerprint density at radius 2 is 2.27 bits per heavy atom. The fraction of sp³-hybridized carbons (Fsp3) is 0.222. The van der Waals surface area contributed by atoms with Gasteiger partial charge in [0, 0.05) is 11.0 Å². The lowest BCUT2D eigenvalue weighted by atomic mass is 10.2. The molecule has 0 heterocycles. The van der Waals surface area contributed by atoms with Gasteiger partial charge in [-0.05, 0) is 34.1 Å². The van der Waals surface area contributed by atoms with Crippen molar-refractivity contribution in [2.45, 2.75) is 6.04 Å². The first-order valence-corrected chi connectivity index (χ1v) is 5.04. The molecule has 0 saturated carbocycles. The van der Waals surface area contributed by atoms with Gasteiger partial charge in [0.25, 0.3) is 0 Å². The van der Waals surface area contributed by atoms with Crippen LogP contribution in [0, 0.1) is 5.82 Å². The highest BCUT2D eigenvalue weighted by molar-refractivity contribution is 9.10. The van der Waals surface area contributed by atoms with Crippen molar-refractivity contribution < 1.29 is 9.18 Å². The topological polar surface area (TPSA) is 81.1 Å². The summed E-state index contributed by atoms with van der Waals surface area (Å²) in [5.41, 5.74) is 10.9. The number of anilines is 1. The SMILES string of the molecule is NC(=O)C(N)CNc1cc(F)ccc1Br. The Labute approximate surface area is 95.0 Å². The van der Waals surface area contributed by atoms with Gasteiger partial charge in [-0.15, -0.1) is 0 Å². The first-order chi connectivity index (χ1) is 7.00. The third-order valence-corrected chi connectivity index (χ3v) is 2.50. The fourth-order valence-electron chi connectivity index (χ4n) is 0.953. The fourth-order valence-corrected chi connectivity index (χ4v) is 1.34. The summed E-state index contributed by atoms with van der Waals surface area (Å²) in [6.45, 7) is 0.164. The van der Waals surface area contributed by atoms with Crippen molar-refractivity contribution >= 4 is 27.5 Å². The summed E-state index contributed by atoms with van der Waals surface area (Å²) < 4.78 is 13.5. The average molecular weight is 276 g/mol. The van der Waals surface area contributed by atoms with E-state index in [0.717, 1.165) is 0 Å². The van der Waals surface area contributed by atoms with Gasteiger partial charge in [0.1, 0.15) is 11.9 Å². The molecular formula is C9H11BrFN3O. The van der Waals surface area contributed by atoms with Crippen LogP contribution in [0.25, 0.3) is 0 Å². The lowest BCUT2D eigenvalue weighted by molar-refractivity contribution is -0.118. The summed E-state index contributed by atoms with van der Waals surface area (Å²) in [4.78, 5) is 10.6. The summed E-state index contributed by atoms with van der Waals surface area (Å²) >= 11 is 3.23. The number of primary amides is 1. The zero-order valence-corrected chi connectivity index (χ0v) is 9.42. The molecule has 6 heteroatoms. The number of hydrogen-bond acceptors (Lipinski definition) is 3. The van der Waals surface area contributed by atoms with Crippen LogP contribution in [-0.4, -0.2) is 18.5 Å². The van der Waals surface area contributed by atoms with E-state index in [9.17, 15) is 9.18 Å². The van der Waals surface area contributed by atoms with Gasteiger partial charge in [-0.2, -0.15) is 0 Å². The van der Waals surface area contributed by atoms with Crippen LogP contribution in [0.2, 0.25) is 0 Å². The number of carbonyl (C=O) groups is 1. The maximum atomic E-state index is 12.8. The van der Waals surface area contributed by atoms with Crippen LogP contribution >= 0.6 is 15.9 Å². The molecule has 0 saturated heterocycles. The molecule has 1 aromatic rings. The van der Waals surface area contributed by atoms with Gasteiger partial charge in [-0.3, -0.25) is 4.79 Å². The molecule has 0 aliphatic heterocycles. The largest absolute Gasteiger partial charge is 0.382 e. The second-order valence-electron chi connectivity index (χ2n) is 3.01. The minimum atomic E-state index is -0.792. The Hall–Kier alpha value is -1.14. The van der Waals surface area contributed by atoms with E-state index in [1.54, 1.807) is 6.07 Å². The molecule has 1 unspecified atom stereocenters. The van der Waals surface area contributed by atoms with Gasteiger partial charge >= 0.3 is 0 Å². The number of benzene rings is 1. The number of halogens is 2. The first-order valence-electron chi connectivity index (χ1n) is 4.24. The minimum absolute atomic E-state index is 0.164. The van der Waals surface area contributed by atoms with Crippen LogP contribution in [0.15, 0.2) is 22.7 Å². The monoisotopic (exact) mass is 275 g/mol. The van der Waals surface area contributed by atoms with Gasteiger partial charge in [-0.1, -0.05) is 0 Å². The molecule has 1 rings (SSSR count). The molecule has 0 radical (unpaired) electrons. The average Bonchev–Trinajstić information content (AvgIpc) is 2.18. The van der Waals surface area contributed by atoms with E-state index in [1.807, 2.05) is 0 Å². The normalized spacial score (nSPS) is 12.2. The van der Waals surface area contributed by atoms with E-state index >= 15 is 0 Å². The van der Waals surface area contributed by atoms with Gasteiger partial charge in [-0.25, -0.2) is 4.39 Å². The Kier molecular flexibility index (Phi) is 4.05. The molecule has 0 spiro atoms. The van der Waals surface area contributed by atoms with Gasteiger partial charge in [0.2, 0.25) is 5.91 Å². The lowest BCUT2D eigenvalue weighted by Crippen LogP contribution is -2.41. The van der Waals surface area contributed by atoms with E-state index < -0.39 is 11.9 Å². The zero-order valence-electron chi connectivity index (χ0n) is 7.84. The third-order valence-electron chi connectivity index (χ3n) is 1.81. The molecule has 5 N–H and O–H groups in total. The molecule has 82 valence electrons. The summed E-state index contributed by atoms with van der Waals surface area (Å²) in [6.07, 6.45) is 0. The molecule has 4 nitrogen and oxygen atoms in total. The Bertz CT molecular complexity index is 372. The summed E-state index contributed by atoms with van der Waals surface area (Å²) in [7, 11) is 0. The highest BCUT2D eigenvalue weighted by Gasteiger charge is 2.09. The number of rotatable bonds is 4. The molecule has 0 aliphatic rings. The van der Waals surface area contributed by atoms with E-state index in [4.69, 9.17) is 11.5 Å². The van der Waals surface area contributed by atoms with E-state index in [2.05, 4.69) is 21.2 Å². The van der Waals surface area contributed by atoms with Crippen molar-refractivity contribution in [3.63, 3.8) is 0 Å². The highest BCUT2D eigenvalue weighted by atomic mass is 79.9. The van der Waals surface area contributed by atoms with E-state index in [0.29, 0.717) is 10.2 Å².